The fourth-order valence-electron chi connectivity index (χ4n) is 4.31. The number of nitrogens with zero attached hydrogens (tertiary/aromatic N) is 2. The molecule has 1 amide bonds. The minimum Gasteiger partial charge on any atom is -0.329 e. The van der Waals surface area contributed by atoms with Gasteiger partial charge in [0, 0.05) is 11.4 Å². The number of aromatic amines is 1. The summed E-state index contributed by atoms with van der Waals surface area (Å²) in [5, 5.41) is 0.646. The molecule has 1 N–H and O–H groups in total. The van der Waals surface area contributed by atoms with Crippen molar-refractivity contribution in [2.24, 2.45) is 0 Å². The van der Waals surface area contributed by atoms with Crippen LogP contribution in [0, 0.1) is 5.82 Å². The second-order valence-electron chi connectivity index (χ2n) is 7.16. The van der Waals surface area contributed by atoms with E-state index in [0.29, 0.717) is 16.8 Å². The van der Waals surface area contributed by atoms with E-state index in [1.165, 1.54) is 28.3 Å². The lowest BCUT2D eigenvalue weighted by atomic mass is 10.0. The molecule has 1 saturated heterocycles. The van der Waals surface area contributed by atoms with Crippen molar-refractivity contribution in [2.45, 2.75) is 38.1 Å². The minimum absolute atomic E-state index is 0.0794. The highest BCUT2D eigenvalue weighted by Gasteiger charge is 2.32. The molecule has 1 aliphatic carbocycles. The van der Waals surface area contributed by atoms with E-state index in [1.807, 2.05) is 6.07 Å². The Labute approximate surface area is 158 Å². The molecule has 138 valence electrons. The molecule has 5 nitrogen and oxygen atoms in total. The zero-order valence-corrected chi connectivity index (χ0v) is 15.4. The molecule has 7 heteroatoms. The second-order valence-corrected chi connectivity index (χ2v) is 8.25. The highest BCUT2D eigenvalue weighted by molar-refractivity contribution is 7.18. The molecule has 3 aromatic rings. The normalized spacial score (nSPS) is 19.0. The molecule has 0 bridgehead atoms. The van der Waals surface area contributed by atoms with Crippen LogP contribution in [-0.2, 0) is 12.8 Å². The number of aromatic nitrogens is 2. The van der Waals surface area contributed by atoms with E-state index in [-0.39, 0.29) is 29.1 Å². The van der Waals surface area contributed by atoms with Crippen molar-refractivity contribution in [3.05, 3.63) is 62.3 Å². The summed E-state index contributed by atoms with van der Waals surface area (Å²) in [4.78, 5) is 36.5. The molecule has 2 aliphatic rings. The Kier molecular flexibility index (Phi) is 3.86. The number of nitrogens with one attached hydrogen (secondary N) is 1. The van der Waals surface area contributed by atoms with Gasteiger partial charge in [0.1, 0.15) is 10.6 Å². The van der Waals surface area contributed by atoms with Crippen LogP contribution >= 0.6 is 11.3 Å². The van der Waals surface area contributed by atoms with Crippen molar-refractivity contribution in [2.75, 3.05) is 6.54 Å². The van der Waals surface area contributed by atoms with Gasteiger partial charge in [0.25, 0.3) is 11.5 Å². The molecule has 1 unspecified atom stereocenters. The number of fused-ring (bicyclic) bond motifs is 3. The highest BCUT2D eigenvalue weighted by atomic mass is 32.1. The average Bonchev–Trinajstić information content (AvgIpc) is 3.36. The summed E-state index contributed by atoms with van der Waals surface area (Å²) >= 11 is 1.52. The van der Waals surface area contributed by atoms with E-state index in [2.05, 4.69) is 9.97 Å². The van der Waals surface area contributed by atoms with Crippen molar-refractivity contribution < 1.29 is 9.18 Å². The number of benzene rings is 1. The van der Waals surface area contributed by atoms with Crippen LogP contribution in [0.1, 0.15) is 51.9 Å². The number of halogens is 1. The van der Waals surface area contributed by atoms with Crippen molar-refractivity contribution in [3.63, 3.8) is 0 Å². The third kappa shape index (κ3) is 2.68. The third-order valence-electron chi connectivity index (χ3n) is 5.52. The van der Waals surface area contributed by atoms with Gasteiger partial charge in [-0.05, 0) is 55.4 Å². The first-order valence-corrected chi connectivity index (χ1v) is 10.0. The molecule has 1 fully saturated rings. The fraction of sp³-hybridized carbons (Fsp3) is 0.350. The quantitative estimate of drug-likeness (QED) is 0.735. The van der Waals surface area contributed by atoms with E-state index in [9.17, 15) is 14.0 Å². The van der Waals surface area contributed by atoms with E-state index >= 15 is 0 Å². The number of carbonyl (C=O) groups excluding carboxylic acids is 1. The second kappa shape index (κ2) is 6.27. The monoisotopic (exact) mass is 383 g/mol. The van der Waals surface area contributed by atoms with Gasteiger partial charge in [-0.1, -0.05) is 12.1 Å². The van der Waals surface area contributed by atoms with Crippen LogP contribution in [0.15, 0.2) is 29.1 Å². The summed E-state index contributed by atoms with van der Waals surface area (Å²) in [7, 11) is 0. The van der Waals surface area contributed by atoms with Gasteiger partial charge in [-0.25, -0.2) is 9.37 Å². The predicted molar refractivity (Wildman–Crippen MR) is 102 cm³/mol. The molecule has 0 spiro atoms. The lowest BCUT2D eigenvalue weighted by Crippen LogP contribution is -2.33. The van der Waals surface area contributed by atoms with Crippen LogP contribution in [0.5, 0.6) is 0 Å². The Balaban J connectivity index is 1.52. The standard InChI is InChI=1S/C20H18FN3O2S/c21-12-5-1-4-11(10-12)14-7-3-9-24(14)20(26)17-22-18(25)16-13-6-2-8-15(13)27-19(16)23-17/h1,4-5,10,14H,2-3,6-9H2,(H,22,23,25). The number of hydrogen-bond acceptors (Lipinski definition) is 4. The van der Waals surface area contributed by atoms with Gasteiger partial charge in [-0.3, -0.25) is 9.59 Å². The fourth-order valence-corrected chi connectivity index (χ4v) is 5.57. The van der Waals surface area contributed by atoms with Crippen molar-refractivity contribution in [1.29, 1.82) is 0 Å². The summed E-state index contributed by atoms with van der Waals surface area (Å²) in [6, 6.07) is 6.17. The average molecular weight is 383 g/mol. The summed E-state index contributed by atoms with van der Waals surface area (Å²) in [5.74, 6) is -0.530. The number of likely N-dealkylation sites (tertiary alicyclic amines) is 1. The van der Waals surface area contributed by atoms with E-state index in [0.717, 1.165) is 43.2 Å². The SMILES string of the molecule is O=C(c1nc2sc3c(c2c(=O)[nH]1)CCC3)N1CCCC1c1cccc(F)c1. The molecule has 1 atom stereocenters. The predicted octanol–water partition coefficient (Wildman–Crippen LogP) is 3.59. The Morgan fingerprint density at radius 2 is 2.19 bits per heavy atom. The Bertz CT molecular complexity index is 1120. The molecule has 27 heavy (non-hydrogen) atoms. The van der Waals surface area contributed by atoms with E-state index in [1.54, 1.807) is 11.0 Å². The van der Waals surface area contributed by atoms with Gasteiger partial charge in [0.05, 0.1) is 11.4 Å². The topological polar surface area (TPSA) is 66.1 Å². The van der Waals surface area contributed by atoms with Gasteiger partial charge in [-0.15, -0.1) is 11.3 Å². The first-order valence-electron chi connectivity index (χ1n) is 9.23. The molecule has 5 rings (SSSR count). The first-order chi connectivity index (χ1) is 13.1. The number of aryl methyl sites for hydroxylation is 2. The van der Waals surface area contributed by atoms with Crippen LogP contribution in [0.2, 0.25) is 0 Å². The van der Waals surface area contributed by atoms with Gasteiger partial charge in [0.2, 0.25) is 5.82 Å². The third-order valence-corrected chi connectivity index (χ3v) is 6.71. The molecule has 3 heterocycles. The Hall–Kier alpha value is -2.54. The number of rotatable bonds is 2. The van der Waals surface area contributed by atoms with E-state index < -0.39 is 0 Å². The smallest absolute Gasteiger partial charge is 0.290 e. The van der Waals surface area contributed by atoms with Crippen molar-refractivity contribution in [3.8, 4) is 0 Å². The Morgan fingerprint density at radius 1 is 1.30 bits per heavy atom. The maximum Gasteiger partial charge on any atom is 0.290 e. The molecule has 1 aliphatic heterocycles. The lowest BCUT2D eigenvalue weighted by molar-refractivity contribution is 0.0723. The van der Waals surface area contributed by atoms with Gasteiger partial charge >= 0.3 is 0 Å². The maximum atomic E-state index is 13.6. The zero-order valence-electron chi connectivity index (χ0n) is 14.6. The number of thiophene rings is 1. The number of amides is 1. The van der Waals surface area contributed by atoms with Gasteiger partial charge < -0.3 is 9.88 Å². The van der Waals surface area contributed by atoms with Gasteiger partial charge in [-0.2, -0.15) is 0 Å². The van der Waals surface area contributed by atoms with Crippen LogP contribution in [0.25, 0.3) is 10.2 Å². The molecule has 0 saturated carbocycles. The molecular weight excluding hydrogens is 365 g/mol. The highest BCUT2D eigenvalue weighted by Crippen LogP contribution is 2.36. The van der Waals surface area contributed by atoms with Crippen LogP contribution in [0.4, 0.5) is 4.39 Å². The number of hydrogen-bond donors (Lipinski definition) is 1. The van der Waals surface area contributed by atoms with Crippen LogP contribution in [-0.4, -0.2) is 27.3 Å². The van der Waals surface area contributed by atoms with E-state index in [4.69, 9.17) is 0 Å². The lowest BCUT2D eigenvalue weighted by Gasteiger charge is -2.24. The summed E-state index contributed by atoms with van der Waals surface area (Å²) in [5.41, 5.74) is 1.64. The summed E-state index contributed by atoms with van der Waals surface area (Å²) < 4.78 is 13.6. The first kappa shape index (κ1) is 16.6. The molecule has 0 radical (unpaired) electrons. The van der Waals surface area contributed by atoms with Crippen LogP contribution < -0.4 is 5.56 Å². The molecular formula is C20H18FN3O2S. The Morgan fingerprint density at radius 3 is 3.04 bits per heavy atom. The zero-order chi connectivity index (χ0) is 18.5. The van der Waals surface area contributed by atoms with Gasteiger partial charge in [0.15, 0.2) is 0 Å². The molecule has 1 aromatic carbocycles. The summed E-state index contributed by atoms with van der Waals surface area (Å²) in [6.07, 6.45) is 4.57. The largest absolute Gasteiger partial charge is 0.329 e. The minimum atomic E-state index is -0.312. The summed E-state index contributed by atoms with van der Waals surface area (Å²) in [6.45, 7) is 0.572. The number of H-pyrrole nitrogens is 1. The van der Waals surface area contributed by atoms with Crippen molar-refractivity contribution in [1.82, 2.24) is 14.9 Å². The number of carbonyl (C=O) groups is 1. The van der Waals surface area contributed by atoms with Crippen LogP contribution in [0.3, 0.4) is 0 Å². The maximum absolute atomic E-state index is 13.6. The van der Waals surface area contributed by atoms with Crippen molar-refractivity contribution >= 4 is 27.5 Å². The molecule has 2 aromatic heterocycles.